The lowest BCUT2D eigenvalue weighted by molar-refractivity contribution is -0.0160. The Morgan fingerprint density at radius 1 is 1.47 bits per heavy atom. The van der Waals surface area contributed by atoms with Crippen LogP contribution in [0, 0.1) is 5.82 Å². The van der Waals surface area contributed by atoms with E-state index in [-0.39, 0.29) is 13.4 Å². The minimum atomic E-state index is -0.454. The van der Waals surface area contributed by atoms with E-state index in [1.807, 2.05) is 0 Å². The summed E-state index contributed by atoms with van der Waals surface area (Å²) in [4.78, 5) is 11.6. The van der Waals surface area contributed by atoms with Gasteiger partial charge in [0, 0.05) is 18.2 Å². The number of hydrogen-bond donors (Lipinski definition) is 3. The number of hydrogen-bond acceptors (Lipinski definition) is 4. The molecule has 19 heavy (non-hydrogen) atoms. The van der Waals surface area contributed by atoms with E-state index in [1.165, 1.54) is 12.1 Å². The summed E-state index contributed by atoms with van der Waals surface area (Å²) >= 11 is 0. The molecular formula is C12H16FN3O3. The zero-order valence-corrected chi connectivity index (χ0v) is 10.4. The molecule has 0 unspecified atom stereocenters. The molecule has 2 amide bonds. The molecule has 0 atom stereocenters. The van der Waals surface area contributed by atoms with Crippen molar-refractivity contribution in [1.29, 1.82) is 0 Å². The van der Waals surface area contributed by atoms with Gasteiger partial charge in [0.2, 0.25) is 0 Å². The van der Waals surface area contributed by atoms with E-state index in [0.29, 0.717) is 36.5 Å². The second-order valence-corrected chi connectivity index (χ2v) is 4.08. The number of amides is 2. The smallest absolute Gasteiger partial charge is 0.319 e. The maximum Gasteiger partial charge on any atom is 0.319 e. The Morgan fingerprint density at radius 3 is 3.11 bits per heavy atom. The number of anilines is 1. The van der Waals surface area contributed by atoms with E-state index in [2.05, 4.69) is 10.6 Å². The maximum absolute atomic E-state index is 13.4. The van der Waals surface area contributed by atoms with Crippen LogP contribution in [0.3, 0.4) is 0 Å². The molecule has 0 aromatic heterocycles. The van der Waals surface area contributed by atoms with Gasteiger partial charge in [-0.3, -0.25) is 0 Å². The van der Waals surface area contributed by atoms with Gasteiger partial charge in [0.25, 0.3) is 0 Å². The van der Waals surface area contributed by atoms with Crippen LogP contribution in [0.15, 0.2) is 12.1 Å². The fraction of sp³-hybridized carbons (Fsp3) is 0.417. The van der Waals surface area contributed by atoms with Crippen molar-refractivity contribution in [3.8, 4) is 5.75 Å². The van der Waals surface area contributed by atoms with Crippen LogP contribution < -0.4 is 21.1 Å². The van der Waals surface area contributed by atoms with Gasteiger partial charge in [-0.2, -0.15) is 0 Å². The minimum Gasteiger partial charge on any atom is -0.465 e. The highest BCUT2D eigenvalue weighted by atomic mass is 19.1. The van der Waals surface area contributed by atoms with Crippen molar-refractivity contribution in [3.05, 3.63) is 23.5 Å². The number of halogens is 1. The van der Waals surface area contributed by atoms with E-state index in [9.17, 15) is 9.18 Å². The summed E-state index contributed by atoms with van der Waals surface area (Å²) in [5.74, 6) is -0.00765. The lowest BCUT2D eigenvalue weighted by atomic mass is 10.1. The van der Waals surface area contributed by atoms with Crippen molar-refractivity contribution in [2.24, 2.45) is 5.73 Å². The van der Waals surface area contributed by atoms with Gasteiger partial charge in [0.05, 0.1) is 12.3 Å². The molecule has 0 aliphatic carbocycles. The number of urea groups is 1. The normalized spacial score (nSPS) is 13.4. The second-order valence-electron chi connectivity index (χ2n) is 4.08. The minimum absolute atomic E-state index is 0.0854. The molecule has 1 aliphatic heterocycles. The Balaban J connectivity index is 2.07. The summed E-state index contributed by atoms with van der Waals surface area (Å²) in [6.45, 7) is 1.30. The molecule has 1 aromatic rings. The second kappa shape index (κ2) is 6.35. The Kier molecular flexibility index (Phi) is 4.53. The largest absolute Gasteiger partial charge is 0.465 e. The average molecular weight is 269 g/mol. The highest BCUT2D eigenvalue weighted by molar-refractivity contribution is 5.91. The van der Waals surface area contributed by atoms with Crippen molar-refractivity contribution in [1.82, 2.24) is 5.32 Å². The van der Waals surface area contributed by atoms with Crippen LogP contribution in [-0.4, -0.2) is 25.9 Å². The quantitative estimate of drug-likeness (QED) is 0.716. The zero-order valence-electron chi connectivity index (χ0n) is 10.4. The number of ether oxygens (including phenoxy) is 2. The highest BCUT2D eigenvalue weighted by Crippen LogP contribution is 2.33. The Morgan fingerprint density at radius 2 is 2.32 bits per heavy atom. The summed E-state index contributed by atoms with van der Waals surface area (Å²) in [5.41, 5.74) is 6.19. The number of carbonyl (C=O) groups excluding carboxylic acids is 1. The third kappa shape index (κ3) is 3.55. The molecule has 0 bridgehead atoms. The summed E-state index contributed by atoms with van der Waals surface area (Å²) in [6, 6.07) is 2.12. The maximum atomic E-state index is 13.4. The number of nitrogens with one attached hydrogen (secondary N) is 2. The number of rotatable bonds is 4. The van der Waals surface area contributed by atoms with Crippen LogP contribution in [0.2, 0.25) is 0 Å². The first kappa shape index (κ1) is 13.6. The SMILES string of the molecule is NCCCNC(=O)Nc1cc(F)cc2c1OCOC2. The van der Waals surface area contributed by atoms with Gasteiger partial charge in [-0.05, 0) is 19.0 Å². The first-order valence-corrected chi connectivity index (χ1v) is 5.98. The monoisotopic (exact) mass is 269 g/mol. The molecule has 4 N–H and O–H groups in total. The van der Waals surface area contributed by atoms with Gasteiger partial charge in [0.1, 0.15) is 5.82 Å². The molecule has 6 nitrogen and oxygen atoms in total. The molecule has 1 aliphatic rings. The Hall–Kier alpha value is -1.86. The van der Waals surface area contributed by atoms with Crippen molar-refractivity contribution in [2.75, 3.05) is 25.2 Å². The molecule has 1 heterocycles. The van der Waals surface area contributed by atoms with E-state index >= 15 is 0 Å². The molecule has 0 spiro atoms. The first-order chi connectivity index (χ1) is 9.20. The van der Waals surface area contributed by atoms with Gasteiger partial charge in [-0.1, -0.05) is 0 Å². The van der Waals surface area contributed by atoms with E-state index < -0.39 is 11.8 Å². The molecule has 1 aromatic carbocycles. The van der Waals surface area contributed by atoms with Gasteiger partial charge < -0.3 is 25.8 Å². The fourth-order valence-corrected chi connectivity index (χ4v) is 1.74. The topological polar surface area (TPSA) is 85.6 Å². The zero-order chi connectivity index (χ0) is 13.7. The van der Waals surface area contributed by atoms with Crippen molar-refractivity contribution >= 4 is 11.7 Å². The molecular weight excluding hydrogens is 253 g/mol. The van der Waals surface area contributed by atoms with Crippen LogP contribution in [0.4, 0.5) is 14.9 Å². The summed E-state index contributed by atoms with van der Waals surface area (Å²) in [6.07, 6.45) is 0.680. The Labute approximate surface area is 110 Å². The van der Waals surface area contributed by atoms with Gasteiger partial charge in [0.15, 0.2) is 12.5 Å². The summed E-state index contributed by atoms with van der Waals surface area (Å²) < 4.78 is 23.8. The van der Waals surface area contributed by atoms with Gasteiger partial charge in [-0.15, -0.1) is 0 Å². The van der Waals surface area contributed by atoms with Crippen LogP contribution in [0.5, 0.6) is 5.75 Å². The van der Waals surface area contributed by atoms with Crippen molar-refractivity contribution in [3.63, 3.8) is 0 Å². The first-order valence-electron chi connectivity index (χ1n) is 5.98. The van der Waals surface area contributed by atoms with Crippen LogP contribution >= 0.6 is 0 Å². The van der Waals surface area contributed by atoms with Crippen molar-refractivity contribution in [2.45, 2.75) is 13.0 Å². The highest BCUT2D eigenvalue weighted by Gasteiger charge is 2.18. The standard InChI is InChI=1S/C12H16FN3O3/c13-9-4-8-6-18-7-19-11(8)10(5-9)16-12(17)15-3-1-2-14/h4-5H,1-3,6-7,14H2,(H2,15,16,17). The number of carbonyl (C=O) groups is 1. The number of fused-ring (bicyclic) bond motifs is 1. The molecule has 0 saturated heterocycles. The van der Waals surface area contributed by atoms with Crippen molar-refractivity contribution < 1.29 is 18.7 Å². The van der Waals surface area contributed by atoms with Crippen LogP contribution in [0.25, 0.3) is 0 Å². The van der Waals surface area contributed by atoms with Gasteiger partial charge in [-0.25, -0.2) is 9.18 Å². The molecule has 0 fully saturated rings. The number of nitrogens with two attached hydrogens (primary N) is 1. The third-order valence-corrected chi connectivity index (χ3v) is 2.59. The van der Waals surface area contributed by atoms with Crippen LogP contribution in [-0.2, 0) is 11.3 Å². The molecule has 0 saturated carbocycles. The summed E-state index contributed by atoms with van der Waals surface area (Å²) in [7, 11) is 0. The summed E-state index contributed by atoms with van der Waals surface area (Å²) in [5, 5.41) is 5.18. The average Bonchev–Trinajstić information content (AvgIpc) is 2.39. The lowest BCUT2D eigenvalue weighted by Gasteiger charge is -2.21. The molecule has 7 heteroatoms. The van der Waals surface area contributed by atoms with E-state index in [4.69, 9.17) is 15.2 Å². The predicted molar refractivity (Wildman–Crippen MR) is 67.4 cm³/mol. The van der Waals surface area contributed by atoms with E-state index in [1.54, 1.807) is 0 Å². The molecule has 2 rings (SSSR count). The third-order valence-electron chi connectivity index (χ3n) is 2.59. The van der Waals surface area contributed by atoms with Gasteiger partial charge >= 0.3 is 6.03 Å². The molecule has 104 valence electrons. The predicted octanol–water partition coefficient (Wildman–Crippen LogP) is 1.16. The van der Waals surface area contributed by atoms with E-state index in [0.717, 1.165) is 0 Å². The van der Waals surface area contributed by atoms with Crippen LogP contribution in [0.1, 0.15) is 12.0 Å². The Bertz CT molecular complexity index is 468. The molecule has 0 radical (unpaired) electrons. The fourth-order valence-electron chi connectivity index (χ4n) is 1.74. The number of benzene rings is 1. The lowest BCUT2D eigenvalue weighted by Crippen LogP contribution is -2.31.